The fourth-order valence-corrected chi connectivity index (χ4v) is 2.40. The number of ether oxygens (including phenoxy) is 1. The van der Waals surface area contributed by atoms with Crippen LogP contribution in [0.5, 0.6) is 0 Å². The summed E-state index contributed by atoms with van der Waals surface area (Å²) in [7, 11) is -2.47. The van der Waals surface area contributed by atoms with Crippen molar-refractivity contribution in [1.29, 1.82) is 0 Å². The molecular weight excluding hydrogens is 301 g/mol. The minimum absolute atomic E-state index is 0.139. The second-order valence-corrected chi connectivity index (χ2v) is 5.78. The summed E-state index contributed by atoms with van der Waals surface area (Å²) in [5.74, 6) is -0.467. The predicted octanol–water partition coefficient (Wildman–Crippen LogP) is 2.93. The van der Waals surface area contributed by atoms with Gasteiger partial charge in [0, 0.05) is 0 Å². The molecule has 0 heterocycles. The van der Waals surface area contributed by atoms with Crippen LogP contribution in [0.3, 0.4) is 0 Å². The first-order valence-corrected chi connectivity index (χ1v) is 8.20. The molecule has 2 aromatic rings. The highest BCUT2D eigenvalue weighted by atomic mass is 31.1. The van der Waals surface area contributed by atoms with Crippen LogP contribution in [0.15, 0.2) is 60.7 Å². The van der Waals surface area contributed by atoms with Crippen molar-refractivity contribution in [3.63, 3.8) is 0 Å². The Labute approximate surface area is 130 Å². The summed E-state index contributed by atoms with van der Waals surface area (Å²) in [5, 5.41) is 2.54. The van der Waals surface area contributed by atoms with Crippen molar-refractivity contribution >= 4 is 14.1 Å². The molecule has 0 aliphatic heterocycles. The Hall–Kier alpha value is -1.94. The van der Waals surface area contributed by atoms with Gasteiger partial charge in [0.1, 0.15) is 13.2 Å². The molecule has 2 aromatic carbocycles. The minimum Gasteiger partial charge on any atom is -0.460 e. The molecule has 1 unspecified atom stereocenters. The van der Waals surface area contributed by atoms with Gasteiger partial charge in [-0.15, -0.1) is 0 Å². The van der Waals surface area contributed by atoms with Crippen molar-refractivity contribution in [3.8, 4) is 0 Å². The molecule has 1 atom stereocenters. The van der Waals surface area contributed by atoms with E-state index in [4.69, 9.17) is 9.26 Å². The molecule has 0 aliphatic carbocycles. The van der Waals surface area contributed by atoms with Crippen LogP contribution in [-0.2, 0) is 31.8 Å². The van der Waals surface area contributed by atoms with Crippen molar-refractivity contribution in [3.05, 3.63) is 71.8 Å². The van der Waals surface area contributed by atoms with Crippen LogP contribution >= 0.6 is 8.18 Å². The molecule has 0 aliphatic rings. The fourth-order valence-electron chi connectivity index (χ4n) is 1.71. The van der Waals surface area contributed by atoms with E-state index in [0.29, 0.717) is 0 Å². The van der Waals surface area contributed by atoms with E-state index < -0.39 is 14.1 Å². The summed E-state index contributed by atoms with van der Waals surface area (Å²) >= 11 is 0. The lowest BCUT2D eigenvalue weighted by molar-refractivity contribution is -0.143. The van der Waals surface area contributed by atoms with Gasteiger partial charge in [-0.25, -0.2) is 5.09 Å². The van der Waals surface area contributed by atoms with Gasteiger partial charge in [-0.1, -0.05) is 60.7 Å². The van der Waals surface area contributed by atoms with E-state index in [1.54, 1.807) is 0 Å². The van der Waals surface area contributed by atoms with Crippen molar-refractivity contribution in [2.24, 2.45) is 0 Å². The Kier molecular flexibility index (Phi) is 6.84. The van der Waals surface area contributed by atoms with E-state index in [9.17, 15) is 9.36 Å². The first-order chi connectivity index (χ1) is 10.7. The zero-order valence-electron chi connectivity index (χ0n) is 12.0. The number of carbonyl (C=O) groups excluding carboxylic acids is 1. The molecule has 0 saturated carbocycles. The van der Waals surface area contributed by atoms with Gasteiger partial charge in [0.15, 0.2) is 0 Å². The van der Waals surface area contributed by atoms with E-state index in [0.717, 1.165) is 11.1 Å². The quantitative estimate of drug-likeness (QED) is 0.599. The van der Waals surface area contributed by atoms with Crippen LogP contribution in [0.4, 0.5) is 0 Å². The van der Waals surface area contributed by atoms with E-state index in [-0.39, 0.29) is 19.8 Å². The SMILES string of the molecule is O=C(CN[PH](=O)OCc1ccccc1)OCc1ccccc1. The summed E-state index contributed by atoms with van der Waals surface area (Å²) in [6.45, 7) is 0.303. The highest BCUT2D eigenvalue weighted by molar-refractivity contribution is 7.36. The minimum atomic E-state index is -2.47. The largest absolute Gasteiger partial charge is 0.460 e. The average Bonchev–Trinajstić information content (AvgIpc) is 2.58. The van der Waals surface area contributed by atoms with E-state index in [2.05, 4.69) is 5.09 Å². The van der Waals surface area contributed by atoms with Crippen LogP contribution in [0, 0.1) is 0 Å². The van der Waals surface area contributed by atoms with Crippen LogP contribution in [0.25, 0.3) is 0 Å². The lowest BCUT2D eigenvalue weighted by Crippen LogP contribution is -2.19. The maximum absolute atomic E-state index is 11.6. The van der Waals surface area contributed by atoms with Crippen molar-refractivity contribution < 1.29 is 18.6 Å². The Balaban J connectivity index is 1.62. The van der Waals surface area contributed by atoms with E-state index in [1.165, 1.54) is 0 Å². The molecule has 5 nitrogen and oxygen atoms in total. The zero-order chi connectivity index (χ0) is 15.6. The lowest BCUT2D eigenvalue weighted by atomic mass is 10.2. The normalized spacial score (nSPS) is 11.8. The maximum atomic E-state index is 11.6. The summed E-state index contributed by atoms with van der Waals surface area (Å²) < 4.78 is 21.9. The molecule has 1 N–H and O–H groups in total. The number of nitrogens with one attached hydrogen (secondary N) is 1. The fraction of sp³-hybridized carbons (Fsp3) is 0.188. The van der Waals surface area contributed by atoms with Gasteiger partial charge in [0.2, 0.25) is 0 Å². The molecule has 6 heteroatoms. The number of hydrogen-bond acceptors (Lipinski definition) is 4. The topological polar surface area (TPSA) is 64.6 Å². The van der Waals surface area contributed by atoms with Gasteiger partial charge >= 0.3 is 5.97 Å². The van der Waals surface area contributed by atoms with Gasteiger partial charge in [-0.3, -0.25) is 9.36 Å². The summed E-state index contributed by atoms with van der Waals surface area (Å²) in [6.07, 6.45) is 0. The highest BCUT2D eigenvalue weighted by Gasteiger charge is 2.06. The lowest BCUT2D eigenvalue weighted by Gasteiger charge is -2.07. The molecule has 0 radical (unpaired) electrons. The van der Waals surface area contributed by atoms with Crippen molar-refractivity contribution in [2.45, 2.75) is 13.2 Å². The first-order valence-electron chi connectivity index (χ1n) is 6.88. The Morgan fingerprint density at radius 3 is 2.05 bits per heavy atom. The number of esters is 1. The van der Waals surface area contributed by atoms with Crippen LogP contribution in [0.2, 0.25) is 0 Å². The molecule has 0 amide bonds. The average molecular weight is 319 g/mol. The zero-order valence-corrected chi connectivity index (χ0v) is 13.0. The smallest absolute Gasteiger partial charge is 0.320 e. The Morgan fingerprint density at radius 1 is 0.909 bits per heavy atom. The van der Waals surface area contributed by atoms with Gasteiger partial charge in [-0.05, 0) is 11.1 Å². The van der Waals surface area contributed by atoms with Gasteiger partial charge in [0.25, 0.3) is 8.18 Å². The van der Waals surface area contributed by atoms with Crippen LogP contribution in [-0.4, -0.2) is 12.5 Å². The Bertz CT molecular complexity index is 549. The first kappa shape index (κ1) is 16.4. The van der Waals surface area contributed by atoms with E-state index >= 15 is 0 Å². The third kappa shape index (κ3) is 6.22. The second-order valence-electron chi connectivity index (χ2n) is 4.56. The van der Waals surface area contributed by atoms with E-state index in [1.807, 2.05) is 60.7 Å². The summed E-state index contributed by atoms with van der Waals surface area (Å²) in [4.78, 5) is 11.5. The van der Waals surface area contributed by atoms with Crippen molar-refractivity contribution in [2.75, 3.05) is 6.54 Å². The molecular formula is C16H18NO4P. The Morgan fingerprint density at radius 2 is 1.45 bits per heavy atom. The molecule has 0 aromatic heterocycles. The van der Waals surface area contributed by atoms with Crippen LogP contribution < -0.4 is 5.09 Å². The molecule has 0 bridgehead atoms. The number of rotatable bonds is 8. The number of hydrogen-bond donors (Lipinski definition) is 1. The molecule has 0 spiro atoms. The summed E-state index contributed by atoms with van der Waals surface area (Å²) in [5.41, 5.74) is 1.83. The molecule has 22 heavy (non-hydrogen) atoms. The third-order valence-electron chi connectivity index (χ3n) is 2.83. The molecule has 0 saturated heterocycles. The molecule has 0 fully saturated rings. The second kappa shape index (κ2) is 9.15. The maximum Gasteiger partial charge on any atom is 0.320 e. The summed E-state index contributed by atoms with van der Waals surface area (Å²) in [6, 6.07) is 18.8. The van der Waals surface area contributed by atoms with Gasteiger partial charge in [-0.2, -0.15) is 0 Å². The van der Waals surface area contributed by atoms with Crippen LogP contribution in [0.1, 0.15) is 11.1 Å². The van der Waals surface area contributed by atoms with Crippen molar-refractivity contribution in [1.82, 2.24) is 5.09 Å². The van der Waals surface area contributed by atoms with Gasteiger partial charge < -0.3 is 9.26 Å². The third-order valence-corrected chi connectivity index (χ3v) is 3.70. The van der Waals surface area contributed by atoms with Gasteiger partial charge in [0.05, 0.1) is 6.61 Å². The monoisotopic (exact) mass is 319 g/mol. The highest BCUT2D eigenvalue weighted by Crippen LogP contribution is 2.18. The standard InChI is InChI=1S/C16H18NO4P/c18-16(20-12-14-7-3-1-4-8-14)11-17-22(19)21-13-15-9-5-2-6-10-15/h1-10,22H,11-13H2,(H,17,19). The number of carbonyl (C=O) groups is 1. The predicted molar refractivity (Wildman–Crippen MR) is 84.5 cm³/mol. The molecule has 116 valence electrons. The molecule has 2 rings (SSSR count). The number of benzene rings is 2.